The summed E-state index contributed by atoms with van der Waals surface area (Å²) in [6.07, 6.45) is 2.51. The predicted octanol–water partition coefficient (Wildman–Crippen LogP) is 4.09. The third kappa shape index (κ3) is 4.08. The number of carbonyl (C=O) groups is 2. The highest BCUT2D eigenvalue weighted by Crippen LogP contribution is 2.60. The minimum atomic E-state index is -0.282. The first-order valence-corrected chi connectivity index (χ1v) is 11.6. The zero-order valence-electron chi connectivity index (χ0n) is 19.3. The van der Waals surface area contributed by atoms with E-state index in [0.717, 1.165) is 24.8 Å². The molecule has 1 aromatic heterocycles. The highest BCUT2D eigenvalue weighted by atomic mass is 19.1. The number of nitrogens with zero attached hydrogens (tertiary/aromatic N) is 4. The molecule has 1 atom stereocenters. The molecule has 7 nitrogen and oxygen atoms in total. The number of likely N-dealkylation sites (tertiary alicyclic amines) is 1. The lowest BCUT2D eigenvalue weighted by Crippen LogP contribution is -2.40. The molecule has 8 heteroatoms. The summed E-state index contributed by atoms with van der Waals surface area (Å²) >= 11 is 0. The number of amides is 2. The van der Waals surface area contributed by atoms with Crippen LogP contribution in [-0.4, -0.2) is 52.1 Å². The van der Waals surface area contributed by atoms with E-state index in [0.29, 0.717) is 42.1 Å². The summed E-state index contributed by atoms with van der Waals surface area (Å²) in [6.45, 7) is 3.46. The van der Waals surface area contributed by atoms with E-state index in [4.69, 9.17) is 4.63 Å². The topological polar surface area (TPSA) is 79.5 Å². The fourth-order valence-electron chi connectivity index (χ4n) is 5.04. The van der Waals surface area contributed by atoms with Gasteiger partial charge in [-0.25, -0.2) is 9.02 Å². The molecule has 1 saturated carbocycles. The average molecular weight is 463 g/mol. The fraction of sp³-hybridized carbons (Fsp3) is 0.385. The Bertz CT molecular complexity index is 1210. The zero-order valence-corrected chi connectivity index (χ0v) is 19.3. The molecule has 34 heavy (non-hydrogen) atoms. The van der Waals surface area contributed by atoms with Crippen LogP contribution in [0.3, 0.4) is 0 Å². The van der Waals surface area contributed by atoms with E-state index in [1.165, 1.54) is 6.07 Å². The number of carbonyl (C=O) groups excluding carboxylic acids is 2. The van der Waals surface area contributed by atoms with E-state index in [2.05, 4.69) is 10.3 Å². The average Bonchev–Trinajstić information content (AvgIpc) is 3.40. The van der Waals surface area contributed by atoms with Crippen LogP contribution >= 0.6 is 0 Å². The van der Waals surface area contributed by atoms with E-state index < -0.39 is 0 Å². The number of benzene rings is 2. The van der Waals surface area contributed by atoms with Crippen LogP contribution in [0, 0.1) is 24.1 Å². The van der Waals surface area contributed by atoms with Crippen LogP contribution in [0.1, 0.15) is 41.0 Å². The number of aromatic nitrogens is 2. The lowest BCUT2D eigenvalue weighted by atomic mass is 9.90. The molecule has 0 unspecified atom stereocenters. The first-order chi connectivity index (χ1) is 16.4. The first kappa shape index (κ1) is 22.3. The van der Waals surface area contributed by atoms with Gasteiger partial charge in [0.15, 0.2) is 0 Å². The molecule has 0 bridgehead atoms. The van der Waals surface area contributed by atoms with Gasteiger partial charge in [-0.05, 0) is 55.4 Å². The molecule has 2 aromatic carbocycles. The van der Waals surface area contributed by atoms with Crippen LogP contribution in [0.25, 0.3) is 11.1 Å². The highest BCUT2D eigenvalue weighted by molar-refractivity contribution is 5.95. The zero-order chi connectivity index (χ0) is 23.9. The quantitative estimate of drug-likeness (QED) is 0.571. The maximum absolute atomic E-state index is 14.0. The standard InChI is InChI=1S/C26H27FN4O3/c1-17-23(29-34-28-17)16-30(2)25(33)21-15-26(21)11-13-31(14-12-26)24(32)19-9-7-18(8-10-19)20-5-3-4-6-22(20)27/h3-10,21H,11-16H2,1-2H3/t21-/m1/s1. The third-order valence-electron chi connectivity index (χ3n) is 7.36. The molecule has 0 N–H and O–H groups in total. The molecule has 1 saturated heterocycles. The molecule has 0 radical (unpaired) electrons. The van der Waals surface area contributed by atoms with Gasteiger partial charge in [-0.2, -0.15) is 0 Å². The van der Waals surface area contributed by atoms with Gasteiger partial charge in [-0.1, -0.05) is 40.6 Å². The van der Waals surface area contributed by atoms with Crippen LogP contribution in [0.15, 0.2) is 53.2 Å². The number of hydrogen-bond donors (Lipinski definition) is 0. The lowest BCUT2D eigenvalue weighted by molar-refractivity contribution is -0.133. The van der Waals surface area contributed by atoms with Crippen molar-refractivity contribution >= 4 is 11.8 Å². The molecule has 2 fully saturated rings. The van der Waals surface area contributed by atoms with Gasteiger partial charge < -0.3 is 9.80 Å². The molecule has 1 aliphatic carbocycles. The van der Waals surface area contributed by atoms with Crippen LogP contribution in [-0.2, 0) is 11.3 Å². The van der Waals surface area contributed by atoms with Crippen molar-refractivity contribution in [3.8, 4) is 11.1 Å². The Morgan fingerprint density at radius 2 is 1.82 bits per heavy atom. The van der Waals surface area contributed by atoms with Gasteiger partial charge >= 0.3 is 0 Å². The largest absolute Gasteiger partial charge is 0.339 e. The van der Waals surface area contributed by atoms with Crippen molar-refractivity contribution in [2.24, 2.45) is 11.3 Å². The highest BCUT2D eigenvalue weighted by Gasteiger charge is 2.59. The van der Waals surface area contributed by atoms with Crippen molar-refractivity contribution in [1.29, 1.82) is 0 Å². The van der Waals surface area contributed by atoms with E-state index >= 15 is 0 Å². The summed E-state index contributed by atoms with van der Waals surface area (Å²) in [5.74, 6) is -0.194. The maximum atomic E-state index is 14.0. The van der Waals surface area contributed by atoms with Crippen molar-refractivity contribution in [2.75, 3.05) is 20.1 Å². The summed E-state index contributed by atoms with van der Waals surface area (Å²) in [4.78, 5) is 29.6. The van der Waals surface area contributed by atoms with Crippen molar-refractivity contribution < 1.29 is 18.6 Å². The summed E-state index contributed by atoms with van der Waals surface area (Å²) in [5, 5.41) is 7.63. The minimum Gasteiger partial charge on any atom is -0.339 e. The van der Waals surface area contributed by atoms with Gasteiger partial charge in [0.2, 0.25) is 5.91 Å². The summed E-state index contributed by atoms with van der Waals surface area (Å²) < 4.78 is 18.8. The molecule has 2 heterocycles. The van der Waals surface area contributed by atoms with E-state index in [-0.39, 0.29) is 29.0 Å². The van der Waals surface area contributed by atoms with Gasteiger partial charge in [0.05, 0.1) is 6.54 Å². The maximum Gasteiger partial charge on any atom is 0.253 e. The number of piperidine rings is 1. The predicted molar refractivity (Wildman–Crippen MR) is 123 cm³/mol. The Balaban J connectivity index is 1.17. The lowest BCUT2D eigenvalue weighted by Gasteiger charge is -2.33. The normalized spacial score (nSPS) is 18.7. The van der Waals surface area contributed by atoms with Crippen LogP contribution in [0.4, 0.5) is 4.39 Å². The first-order valence-electron chi connectivity index (χ1n) is 11.6. The molecular weight excluding hydrogens is 435 g/mol. The van der Waals surface area contributed by atoms with Gasteiger partial charge in [0, 0.05) is 37.2 Å². The third-order valence-corrected chi connectivity index (χ3v) is 7.36. The monoisotopic (exact) mass is 462 g/mol. The van der Waals surface area contributed by atoms with E-state index in [9.17, 15) is 14.0 Å². The summed E-state index contributed by atoms with van der Waals surface area (Å²) in [5.41, 5.74) is 3.22. The Labute approximate surface area is 197 Å². The van der Waals surface area contributed by atoms with E-state index in [1.54, 1.807) is 54.4 Å². The molecule has 2 amide bonds. The second-order valence-corrected chi connectivity index (χ2v) is 9.46. The Morgan fingerprint density at radius 3 is 2.47 bits per heavy atom. The van der Waals surface area contributed by atoms with Crippen LogP contribution in [0.5, 0.6) is 0 Å². The van der Waals surface area contributed by atoms with Crippen molar-refractivity contribution in [2.45, 2.75) is 32.7 Å². The van der Waals surface area contributed by atoms with Crippen LogP contribution < -0.4 is 0 Å². The van der Waals surface area contributed by atoms with Crippen molar-refractivity contribution in [3.05, 3.63) is 71.3 Å². The Hall–Kier alpha value is -3.55. The minimum absolute atomic E-state index is 0.00466. The fourth-order valence-corrected chi connectivity index (χ4v) is 5.04. The number of halogens is 1. The SMILES string of the molecule is Cc1nonc1CN(C)C(=O)[C@H]1CC12CCN(C(=O)c1ccc(-c3ccccc3F)cc1)CC2. The van der Waals surface area contributed by atoms with E-state index in [1.807, 2.05) is 11.8 Å². The second-order valence-electron chi connectivity index (χ2n) is 9.46. The number of aryl methyl sites for hydroxylation is 1. The molecule has 1 spiro atoms. The number of hydrogen-bond acceptors (Lipinski definition) is 5. The summed E-state index contributed by atoms with van der Waals surface area (Å²) in [7, 11) is 1.78. The second kappa shape index (κ2) is 8.66. The Kier molecular flexibility index (Phi) is 5.67. The Morgan fingerprint density at radius 1 is 1.12 bits per heavy atom. The van der Waals surface area contributed by atoms with Crippen molar-refractivity contribution in [1.82, 2.24) is 20.1 Å². The molecule has 176 valence electrons. The molecular formula is C26H27FN4O3. The molecule has 1 aliphatic heterocycles. The van der Waals surface area contributed by atoms with Gasteiger partial charge in [-0.3, -0.25) is 9.59 Å². The molecule has 3 aromatic rings. The van der Waals surface area contributed by atoms with Gasteiger partial charge in [0.1, 0.15) is 17.2 Å². The van der Waals surface area contributed by atoms with Crippen molar-refractivity contribution in [3.63, 3.8) is 0 Å². The molecule has 5 rings (SSSR count). The van der Waals surface area contributed by atoms with Crippen LogP contribution in [0.2, 0.25) is 0 Å². The summed E-state index contributed by atoms with van der Waals surface area (Å²) in [6, 6.07) is 13.7. The molecule has 2 aliphatic rings. The number of rotatable bonds is 5. The van der Waals surface area contributed by atoms with Gasteiger partial charge in [-0.15, -0.1) is 0 Å². The smallest absolute Gasteiger partial charge is 0.253 e. The van der Waals surface area contributed by atoms with Gasteiger partial charge in [0.25, 0.3) is 5.91 Å².